The van der Waals surface area contributed by atoms with Gasteiger partial charge in [-0.25, -0.2) is 0 Å². The molecule has 0 unspecified atom stereocenters. The van der Waals surface area contributed by atoms with Crippen molar-refractivity contribution in [2.24, 2.45) is 34.5 Å². The number of hydrogen-bond donors (Lipinski definition) is 0. The molecule has 1 aromatic heterocycles. The van der Waals surface area contributed by atoms with E-state index in [1.54, 1.807) is 0 Å². The minimum atomic E-state index is 0.253. The summed E-state index contributed by atoms with van der Waals surface area (Å²) < 4.78 is 0. The molecule has 0 aliphatic heterocycles. The van der Waals surface area contributed by atoms with Crippen molar-refractivity contribution in [1.29, 1.82) is 0 Å². The zero-order valence-electron chi connectivity index (χ0n) is 17.6. The Balaban J connectivity index is 1.54. The third kappa shape index (κ3) is 2.46. The number of carbonyl (C=O) groups is 1. The van der Waals surface area contributed by atoms with Crippen LogP contribution in [0.25, 0.3) is 5.57 Å². The third-order valence-electron chi connectivity index (χ3n) is 9.13. The van der Waals surface area contributed by atoms with Crippen LogP contribution in [0, 0.1) is 34.5 Å². The zero-order chi connectivity index (χ0) is 19.5. The van der Waals surface area contributed by atoms with Gasteiger partial charge in [0.1, 0.15) is 5.78 Å². The number of nitrogens with zero attached hydrogens (tertiary/aromatic N) is 1. The normalized spacial score (nSPS) is 42.2. The molecule has 0 bridgehead atoms. The van der Waals surface area contributed by atoms with Gasteiger partial charge in [0.05, 0.1) is 0 Å². The van der Waals surface area contributed by atoms with Gasteiger partial charge in [-0.05, 0) is 83.8 Å². The molecule has 2 fully saturated rings. The van der Waals surface area contributed by atoms with Gasteiger partial charge in [-0.2, -0.15) is 0 Å². The number of hydrogen-bond acceptors (Lipinski definition) is 2. The molecule has 0 radical (unpaired) electrons. The number of allylic oxidation sites excluding steroid dienone is 4. The van der Waals surface area contributed by atoms with Gasteiger partial charge < -0.3 is 0 Å². The SMILES string of the molecule is CC[C@@H]1C=C2CC(=O)CC[C@]2(C)[C@H]2CC[C@]3(C)C(c4cccnc4)=CC[C@H]3[C@H]12. The first kappa shape index (κ1) is 18.3. The van der Waals surface area contributed by atoms with Crippen molar-refractivity contribution in [1.82, 2.24) is 4.98 Å². The van der Waals surface area contributed by atoms with Crippen LogP contribution in [-0.2, 0) is 4.79 Å². The van der Waals surface area contributed by atoms with E-state index in [4.69, 9.17) is 0 Å². The van der Waals surface area contributed by atoms with Crippen LogP contribution in [-0.4, -0.2) is 10.8 Å². The molecule has 28 heavy (non-hydrogen) atoms. The Bertz CT molecular complexity index is 852. The highest BCUT2D eigenvalue weighted by Crippen LogP contribution is 2.67. The van der Waals surface area contributed by atoms with E-state index < -0.39 is 0 Å². The number of fused-ring (bicyclic) bond motifs is 5. The second-order valence-corrected chi connectivity index (χ2v) is 10.2. The largest absolute Gasteiger partial charge is 0.299 e. The number of carbonyl (C=O) groups excluding carboxylic acids is 1. The summed E-state index contributed by atoms with van der Waals surface area (Å²) in [7, 11) is 0. The van der Waals surface area contributed by atoms with E-state index in [0.717, 1.165) is 37.0 Å². The number of pyridine rings is 1. The lowest BCUT2D eigenvalue weighted by Crippen LogP contribution is -2.52. The second-order valence-electron chi connectivity index (χ2n) is 10.2. The van der Waals surface area contributed by atoms with Crippen molar-refractivity contribution >= 4 is 11.4 Å². The van der Waals surface area contributed by atoms with Crippen molar-refractivity contribution in [3.05, 3.63) is 47.8 Å². The highest BCUT2D eigenvalue weighted by atomic mass is 16.1. The van der Waals surface area contributed by atoms with Crippen LogP contribution < -0.4 is 0 Å². The van der Waals surface area contributed by atoms with E-state index >= 15 is 0 Å². The Hall–Kier alpha value is -1.70. The van der Waals surface area contributed by atoms with E-state index in [0.29, 0.717) is 11.7 Å². The minimum absolute atomic E-state index is 0.253. The smallest absolute Gasteiger partial charge is 0.136 e. The van der Waals surface area contributed by atoms with Gasteiger partial charge in [0.15, 0.2) is 0 Å². The van der Waals surface area contributed by atoms with Crippen molar-refractivity contribution in [2.45, 2.75) is 65.7 Å². The first-order valence-electron chi connectivity index (χ1n) is 11.3. The molecule has 0 amide bonds. The quantitative estimate of drug-likeness (QED) is 0.572. The number of Topliss-reactive ketones (excluding diaryl/α,β-unsaturated/α-hetero) is 1. The second kappa shape index (κ2) is 6.40. The lowest BCUT2D eigenvalue weighted by atomic mass is 9.45. The lowest BCUT2D eigenvalue weighted by molar-refractivity contribution is -0.122. The fourth-order valence-electron chi connectivity index (χ4n) is 7.57. The van der Waals surface area contributed by atoms with Gasteiger partial charge in [-0.15, -0.1) is 0 Å². The van der Waals surface area contributed by atoms with Crippen LogP contribution >= 0.6 is 0 Å². The summed E-state index contributed by atoms with van der Waals surface area (Å²) in [6, 6.07) is 4.31. The molecule has 0 spiro atoms. The van der Waals surface area contributed by atoms with Gasteiger partial charge in [-0.1, -0.05) is 44.6 Å². The summed E-state index contributed by atoms with van der Waals surface area (Å²) in [6.45, 7) is 7.36. The van der Waals surface area contributed by atoms with Crippen molar-refractivity contribution in [2.75, 3.05) is 0 Å². The summed E-state index contributed by atoms with van der Waals surface area (Å²) in [5, 5.41) is 0. The Morgan fingerprint density at radius 1 is 1.18 bits per heavy atom. The maximum absolute atomic E-state index is 12.2. The summed E-state index contributed by atoms with van der Waals surface area (Å²) in [4.78, 5) is 16.6. The standard InChI is InChI=1S/C26H33NO/c1-4-17-14-19-15-20(28)9-11-25(19,2)23-10-12-26(3)21(7-8-22(26)24(17)23)18-6-5-13-27-16-18/h5-7,13-14,16-17,22-24H,4,8-12,15H2,1-3H3/t17-,22+,23+,24+,25+,26-/m1/s1. The molecule has 2 heteroatoms. The van der Waals surface area contributed by atoms with Crippen molar-refractivity contribution in [3.8, 4) is 0 Å². The van der Waals surface area contributed by atoms with Gasteiger partial charge in [0.25, 0.3) is 0 Å². The molecule has 5 rings (SSSR count). The molecule has 4 aliphatic carbocycles. The van der Waals surface area contributed by atoms with E-state index in [-0.39, 0.29) is 10.8 Å². The number of rotatable bonds is 2. The number of ketones is 1. The lowest BCUT2D eigenvalue weighted by Gasteiger charge is -2.59. The molecule has 1 heterocycles. The van der Waals surface area contributed by atoms with Gasteiger partial charge in [0, 0.05) is 25.2 Å². The minimum Gasteiger partial charge on any atom is -0.299 e. The van der Waals surface area contributed by atoms with Crippen LogP contribution in [0.5, 0.6) is 0 Å². The van der Waals surface area contributed by atoms with Crippen molar-refractivity contribution in [3.63, 3.8) is 0 Å². The molecule has 0 saturated heterocycles. The predicted octanol–water partition coefficient (Wildman–Crippen LogP) is 6.24. The average Bonchev–Trinajstić information content (AvgIpc) is 3.06. The molecule has 1 aromatic rings. The molecule has 6 atom stereocenters. The highest BCUT2D eigenvalue weighted by Gasteiger charge is 2.58. The van der Waals surface area contributed by atoms with Crippen LogP contribution in [0.4, 0.5) is 0 Å². The highest BCUT2D eigenvalue weighted by molar-refractivity contribution is 5.82. The Morgan fingerprint density at radius 2 is 2.04 bits per heavy atom. The zero-order valence-corrected chi connectivity index (χ0v) is 17.6. The van der Waals surface area contributed by atoms with E-state index in [1.165, 1.54) is 42.4 Å². The van der Waals surface area contributed by atoms with E-state index in [9.17, 15) is 4.79 Å². The molecule has 2 saturated carbocycles. The summed E-state index contributed by atoms with van der Waals surface area (Å²) >= 11 is 0. The van der Waals surface area contributed by atoms with Crippen LogP contribution in [0.15, 0.2) is 42.3 Å². The topological polar surface area (TPSA) is 30.0 Å². The van der Waals surface area contributed by atoms with Crippen molar-refractivity contribution < 1.29 is 4.79 Å². The molecule has 2 nitrogen and oxygen atoms in total. The molecular formula is C26H33NO. The first-order chi connectivity index (χ1) is 13.5. The molecule has 4 aliphatic rings. The molecule has 148 valence electrons. The van der Waals surface area contributed by atoms with E-state index in [2.05, 4.69) is 56.2 Å². The summed E-state index contributed by atoms with van der Waals surface area (Å²) in [6.07, 6.45) is 16.6. The summed E-state index contributed by atoms with van der Waals surface area (Å²) in [5.41, 5.74) is 4.86. The Morgan fingerprint density at radius 3 is 2.79 bits per heavy atom. The predicted molar refractivity (Wildman–Crippen MR) is 113 cm³/mol. The fraction of sp³-hybridized carbons (Fsp3) is 0.615. The van der Waals surface area contributed by atoms with Crippen LogP contribution in [0.2, 0.25) is 0 Å². The Kier molecular flexibility index (Phi) is 4.19. The maximum Gasteiger partial charge on any atom is 0.136 e. The maximum atomic E-state index is 12.2. The van der Waals surface area contributed by atoms with Crippen LogP contribution in [0.3, 0.4) is 0 Å². The van der Waals surface area contributed by atoms with Gasteiger partial charge in [0.2, 0.25) is 0 Å². The van der Waals surface area contributed by atoms with Gasteiger partial charge >= 0.3 is 0 Å². The summed E-state index contributed by atoms with van der Waals surface area (Å²) in [5.74, 6) is 3.30. The molecular weight excluding hydrogens is 342 g/mol. The monoisotopic (exact) mass is 375 g/mol. The Labute approximate surface area is 169 Å². The third-order valence-corrected chi connectivity index (χ3v) is 9.13. The molecule has 0 aromatic carbocycles. The molecule has 0 N–H and O–H groups in total. The number of aromatic nitrogens is 1. The first-order valence-corrected chi connectivity index (χ1v) is 11.3. The average molecular weight is 376 g/mol. The fourth-order valence-corrected chi connectivity index (χ4v) is 7.57. The van der Waals surface area contributed by atoms with Gasteiger partial charge in [-0.3, -0.25) is 9.78 Å². The van der Waals surface area contributed by atoms with Crippen LogP contribution in [0.1, 0.15) is 71.3 Å². The van der Waals surface area contributed by atoms with E-state index in [1.807, 2.05) is 6.20 Å².